The molecule has 0 bridgehead atoms. The van der Waals surface area contributed by atoms with Gasteiger partial charge in [-0.1, -0.05) is 84.0 Å². The summed E-state index contributed by atoms with van der Waals surface area (Å²) in [6.07, 6.45) is 13.5. The summed E-state index contributed by atoms with van der Waals surface area (Å²) in [5.74, 6) is -0.447. The molecule has 0 aliphatic heterocycles. The highest BCUT2D eigenvalue weighted by molar-refractivity contribution is 7.47. The molecule has 0 rings (SSSR count). The molecule has 0 radical (unpaired) electrons. The first-order valence-corrected chi connectivity index (χ1v) is 14.0. The minimum Gasteiger partial charge on any atom is -0.462 e. The van der Waals surface area contributed by atoms with Gasteiger partial charge in [0.05, 0.1) is 19.8 Å². The minimum atomic E-state index is -4.54. The molecule has 11 heteroatoms. The third kappa shape index (κ3) is 21.5. The summed E-state index contributed by atoms with van der Waals surface area (Å²) in [5.41, 5.74) is 0. The van der Waals surface area contributed by atoms with Crippen LogP contribution in [0.4, 0.5) is 0 Å². The lowest BCUT2D eigenvalue weighted by Gasteiger charge is -2.18. The topological polar surface area (TPSA) is 149 Å². The lowest BCUT2D eigenvalue weighted by Crippen LogP contribution is -2.27. The van der Waals surface area contributed by atoms with Crippen LogP contribution in [0.2, 0.25) is 0 Å². The summed E-state index contributed by atoms with van der Waals surface area (Å²) in [5, 5.41) is 17.8. The SMILES string of the molecule is CCCCCCCCCCCCCCCC(=O)OC[C@H](COP(=O)(O)OC[C@@H](O)CO)OC=O. The number of phosphoric ester groups is 1. The summed E-state index contributed by atoms with van der Waals surface area (Å²) >= 11 is 0. The summed E-state index contributed by atoms with van der Waals surface area (Å²) in [7, 11) is -4.54. The second-order valence-electron chi connectivity index (χ2n) is 8.43. The average Bonchev–Trinajstić information content (AvgIpc) is 2.82. The van der Waals surface area contributed by atoms with E-state index in [0.717, 1.165) is 19.3 Å². The Morgan fingerprint density at radius 2 is 1.35 bits per heavy atom. The maximum atomic E-state index is 11.9. The zero-order valence-electron chi connectivity index (χ0n) is 20.6. The van der Waals surface area contributed by atoms with Crippen LogP contribution in [0.25, 0.3) is 0 Å². The Bertz CT molecular complexity index is 546. The number of aliphatic hydroxyl groups is 2. The van der Waals surface area contributed by atoms with Crippen LogP contribution in [0.1, 0.15) is 96.8 Å². The molecule has 0 heterocycles. The molecule has 34 heavy (non-hydrogen) atoms. The molecule has 0 fully saturated rings. The molecule has 0 saturated heterocycles. The van der Waals surface area contributed by atoms with Crippen molar-refractivity contribution in [2.45, 2.75) is 109 Å². The molecule has 10 nitrogen and oxygen atoms in total. The Morgan fingerprint density at radius 3 is 1.85 bits per heavy atom. The summed E-state index contributed by atoms with van der Waals surface area (Å²) in [6.45, 7) is 0.216. The quantitative estimate of drug-likeness (QED) is 0.0708. The Hall–Kier alpha value is -1.03. The van der Waals surface area contributed by atoms with Crippen molar-refractivity contribution in [1.29, 1.82) is 0 Å². The molecular weight excluding hydrogens is 467 g/mol. The molecule has 0 spiro atoms. The van der Waals surface area contributed by atoms with Gasteiger partial charge in [0.1, 0.15) is 12.7 Å². The standard InChI is InChI=1S/C23H45O10P/c1-2-3-4-5-6-7-8-9-10-11-12-13-14-15-23(27)30-18-22(31-20-25)19-33-34(28,29)32-17-21(26)16-24/h20-22,24,26H,2-19H2,1H3,(H,28,29)/t21-,22+/m0/s1. The maximum absolute atomic E-state index is 11.9. The smallest absolute Gasteiger partial charge is 0.462 e. The normalized spacial score (nSPS) is 14.8. The van der Waals surface area contributed by atoms with Gasteiger partial charge in [-0.2, -0.15) is 0 Å². The van der Waals surface area contributed by atoms with Crippen LogP contribution in [0.5, 0.6) is 0 Å². The third-order valence-corrected chi connectivity index (χ3v) is 6.18. The molecule has 0 aromatic rings. The number of esters is 1. The van der Waals surface area contributed by atoms with Gasteiger partial charge >= 0.3 is 13.8 Å². The van der Waals surface area contributed by atoms with Crippen molar-refractivity contribution in [2.24, 2.45) is 0 Å². The summed E-state index contributed by atoms with van der Waals surface area (Å²) in [6, 6.07) is 0. The number of aliphatic hydroxyl groups excluding tert-OH is 2. The van der Waals surface area contributed by atoms with Crippen molar-refractivity contribution in [3.05, 3.63) is 0 Å². The van der Waals surface area contributed by atoms with Crippen molar-refractivity contribution < 1.29 is 47.8 Å². The largest absolute Gasteiger partial charge is 0.472 e. The molecule has 0 aromatic carbocycles. The van der Waals surface area contributed by atoms with Crippen LogP contribution in [0.15, 0.2) is 0 Å². The number of phosphoric acid groups is 1. The number of carbonyl (C=O) groups excluding carboxylic acids is 2. The highest BCUT2D eigenvalue weighted by atomic mass is 31.2. The van der Waals surface area contributed by atoms with E-state index in [1.165, 1.54) is 57.8 Å². The minimum absolute atomic E-state index is 0.118. The van der Waals surface area contributed by atoms with Crippen LogP contribution >= 0.6 is 7.82 Å². The van der Waals surface area contributed by atoms with E-state index in [9.17, 15) is 19.0 Å². The van der Waals surface area contributed by atoms with Crippen LogP contribution in [0, 0.1) is 0 Å². The predicted octanol–water partition coefficient (Wildman–Crippen LogP) is 4.04. The van der Waals surface area contributed by atoms with Crippen molar-refractivity contribution in [2.75, 3.05) is 26.4 Å². The van der Waals surface area contributed by atoms with E-state index in [0.29, 0.717) is 6.42 Å². The fourth-order valence-corrected chi connectivity index (χ4v) is 3.99. The van der Waals surface area contributed by atoms with Gasteiger partial charge in [-0.25, -0.2) is 4.57 Å². The number of hydrogen-bond donors (Lipinski definition) is 3. The lowest BCUT2D eigenvalue weighted by atomic mass is 10.0. The number of rotatable bonds is 25. The fraction of sp³-hybridized carbons (Fsp3) is 0.913. The molecule has 202 valence electrons. The molecule has 0 saturated carbocycles. The van der Waals surface area contributed by atoms with Crippen molar-refractivity contribution in [1.82, 2.24) is 0 Å². The van der Waals surface area contributed by atoms with E-state index in [1.807, 2.05) is 0 Å². The first-order chi connectivity index (χ1) is 16.3. The van der Waals surface area contributed by atoms with E-state index >= 15 is 0 Å². The number of unbranched alkanes of at least 4 members (excludes halogenated alkanes) is 12. The van der Waals surface area contributed by atoms with Crippen LogP contribution in [-0.2, 0) is 32.7 Å². The van der Waals surface area contributed by atoms with Gasteiger partial charge < -0.3 is 24.6 Å². The zero-order valence-corrected chi connectivity index (χ0v) is 21.5. The second kappa shape index (κ2) is 22.4. The third-order valence-electron chi connectivity index (χ3n) is 5.23. The van der Waals surface area contributed by atoms with E-state index in [-0.39, 0.29) is 19.5 Å². The first kappa shape index (κ1) is 33.0. The molecule has 0 aliphatic rings. The van der Waals surface area contributed by atoms with E-state index < -0.39 is 45.8 Å². The van der Waals surface area contributed by atoms with Crippen LogP contribution < -0.4 is 0 Å². The average molecular weight is 513 g/mol. The Balaban J connectivity index is 3.80. The van der Waals surface area contributed by atoms with Gasteiger partial charge in [0.2, 0.25) is 0 Å². The monoisotopic (exact) mass is 512 g/mol. The van der Waals surface area contributed by atoms with Gasteiger partial charge in [-0.3, -0.25) is 18.6 Å². The molecule has 3 atom stereocenters. The summed E-state index contributed by atoms with van der Waals surface area (Å²) < 4.78 is 30.6. The molecule has 1 unspecified atom stereocenters. The molecule has 0 amide bonds. The van der Waals surface area contributed by atoms with Crippen LogP contribution in [0.3, 0.4) is 0 Å². The van der Waals surface area contributed by atoms with Crippen molar-refractivity contribution >= 4 is 20.3 Å². The Kier molecular flexibility index (Phi) is 21.8. The molecule has 0 aliphatic carbocycles. The molecule has 0 aromatic heterocycles. The van der Waals surface area contributed by atoms with Gasteiger partial charge in [-0.15, -0.1) is 0 Å². The van der Waals surface area contributed by atoms with Gasteiger partial charge in [-0.05, 0) is 6.42 Å². The zero-order chi connectivity index (χ0) is 25.5. The maximum Gasteiger partial charge on any atom is 0.472 e. The lowest BCUT2D eigenvalue weighted by molar-refractivity contribution is -0.153. The number of hydrogen-bond acceptors (Lipinski definition) is 9. The first-order valence-electron chi connectivity index (χ1n) is 12.5. The Morgan fingerprint density at radius 1 is 0.853 bits per heavy atom. The van der Waals surface area contributed by atoms with Crippen molar-refractivity contribution in [3.8, 4) is 0 Å². The number of ether oxygens (including phenoxy) is 2. The highest BCUT2D eigenvalue weighted by Gasteiger charge is 2.25. The second-order valence-corrected chi connectivity index (χ2v) is 9.88. The van der Waals surface area contributed by atoms with Gasteiger partial charge in [0.15, 0.2) is 6.10 Å². The number of carbonyl (C=O) groups is 2. The molecular formula is C23H45O10P. The predicted molar refractivity (Wildman–Crippen MR) is 127 cm³/mol. The Labute approximate surface area is 203 Å². The van der Waals surface area contributed by atoms with Crippen LogP contribution in [-0.4, -0.2) is 66.2 Å². The van der Waals surface area contributed by atoms with E-state index in [1.54, 1.807) is 0 Å². The summed E-state index contributed by atoms with van der Waals surface area (Å²) in [4.78, 5) is 32.0. The fourth-order valence-electron chi connectivity index (χ4n) is 3.20. The van der Waals surface area contributed by atoms with Gasteiger partial charge in [0.25, 0.3) is 6.47 Å². The van der Waals surface area contributed by atoms with E-state index in [2.05, 4.69) is 16.0 Å². The van der Waals surface area contributed by atoms with E-state index in [4.69, 9.17) is 19.7 Å². The van der Waals surface area contributed by atoms with Gasteiger partial charge in [0, 0.05) is 6.42 Å². The van der Waals surface area contributed by atoms with Crippen molar-refractivity contribution in [3.63, 3.8) is 0 Å². The molecule has 3 N–H and O–H groups in total. The highest BCUT2D eigenvalue weighted by Crippen LogP contribution is 2.43.